The average molecular weight is 350 g/mol. The molecule has 6 heteroatoms. The monoisotopic (exact) mass is 350 g/mol. The van der Waals surface area contributed by atoms with Crippen LogP contribution in [0.3, 0.4) is 0 Å². The Morgan fingerprint density at radius 3 is 2.50 bits per heavy atom. The van der Waals surface area contributed by atoms with Gasteiger partial charge in [-0.25, -0.2) is 8.42 Å². The quantitative estimate of drug-likeness (QED) is 0.852. The van der Waals surface area contributed by atoms with Crippen LogP contribution in [0.4, 0.5) is 5.69 Å². The van der Waals surface area contributed by atoms with E-state index in [0.29, 0.717) is 24.2 Å². The van der Waals surface area contributed by atoms with Crippen LogP contribution >= 0.6 is 0 Å². The molecule has 1 amide bonds. The molecule has 0 radical (unpaired) electrons. The summed E-state index contributed by atoms with van der Waals surface area (Å²) in [6, 6.07) is 7.23. The number of carbonyl (C=O) groups is 1. The number of amides is 1. The van der Waals surface area contributed by atoms with Crippen molar-refractivity contribution in [2.45, 2.75) is 57.4 Å². The summed E-state index contributed by atoms with van der Waals surface area (Å²) >= 11 is 0. The topological polar surface area (TPSA) is 66.5 Å². The highest BCUT2D eigenvalue weighted by Gasteiger charge is 2.26. The molecule has 1 aliphatic carbocycles. The number of rotatable bonds is 3. The molecule has 1 aromatic rings. The van der Waals surface area contributed by atoms with E-state index >= 15 is 0 Å². The van der Waals surface area contributed by atoms with Crippen molar-refractivity contribution in [1.82, 2.24) is 5.32 Å². The van der Waals surface area contributed by atoms with Gasteiger partial charge in [0.05, 0.1) is 11.4 Å². The van der Waals surface area contributed by atoms with E-state index in [0.717, 1.165) is 32.1 Å². The summed E-state index contributed by atoms with van der Waals surface area (Å²) < 4.78 is 25.9. The largest absolute Gasteiger partial charge is 0.349 e. The van der Waals surface area contributed by atoms with Crippen molar-refractivity contribution in [3.63, 3.8) is 0 Å². The normalized spacial score (nSPS) is 21.9. The van der Waals surface area contributed by atoms with E-state index in [1.165, 1.54) is 17.1 Å². The van der Waals surface area contributed by atoms with Gasteiger partial charge in [-0.2, -0.15) is 0 Å². The lowest BCUT2D eigenvalue weighted by molar-refractivity contribution is 0.0933. The van der Waals surface area contributed by atoms with Crippen LogP contribution in [0.15, 0.2) is 24.3 Å². The first kappa shape index (κ1) is 17.3. The standard InChI is InChI=1S/C18H26N2O3S/c21-18(19-16-9-3-1-2-4-10-16)15-8-7-11-17(14-15)20-12-5-6-13-24(20,22)23/h7-8,11,14,16H,1-6,9-10,12-13H2,(H,19,21). The van der Waals surface area contributed by atoms with Gasteiger partial charge in [0.2, 0.25) is 10.0 Å². The Kier molecular flexibility index (Phi) is 5.43. The molecule has 5 nitrogen and oxygen atoms in total. The van der Waals surface area contributed by atoms with Crippen molar-refractivity contribution in [3.8, 4) is 0 Å². The lowest BCUT2D eigenvalue weighted by Crippen LogP contribution is -2.38. The first-order chi connectivity index (χ1) is 11.6. The van der Waals surface area contributed by atoms with Crippen molar-refractivity contribution < 1.29 is 13.2 Å². The first-order valence-corrected chi connectivity index (χ1v) is 10.6. The first-order valence-electron chi connectivity index (χ1n) is 8.98. The highest BCUT2D eigenvalue weighted by atomic mass is 32.2. The van der Waals surface area contributed by atoms with Gasteiger partial charge in [-0.05, 0) is 43.9 Å². The third-order valence-electron chi connectivity index (χ3n) is 4.94. The molecule has 0 atom stereocenters. The van der Waals surface area contributed by atoms with Crippen LogP contribution in [0.1, 0.15) is 61.7 Å². The number of anilines is 1. The summed E-state index contributed by atoms with van der Waals surface area (Å²) in [6.45, 7) is 0.496. The fourth-order valence-electron chi connectivity index (χ4n) is 3.57. The molecule has 1 saturated heterocycles. The Bertz CT molecular complexity index is 679. The Labute approximate surface area is 144 Å². The zero-order valence-corrected chi connectivity index (χ0v) is 14.9. The Balaban J connectivity index is 1.73. The number of nitrogens with one attached hydrogen (secondary N) is 1. The predicted molar refractivity (Wildman–Crippen MR) is 95.8 cm³/mol. The number of sulfonamides is 1. The van der Waals surface area contributed by atoms with Crippen LogP contribution in [0.2, 0.25) is 0 Å². The Morgan fingerprint density at radius 1 is 1.04 bits per heavy atom. The molecular formula is C18H26N2O3S. The number of carbonyl (C=O) groups excluding carboxylic acids is 1. The molecule has 24 heavy (non-hydrogen) atoms. The van der Waals surface area contributed by atoms with Crippen molar-refractivity contribution in [1.29, 1.82) is 0 Å². The van der Waals surface area contributed by atoms with Gasteiger partial charge < -0.3 is 5.32 Å². The maximum atomic E-state index is 12.5. The zero-order valence-electron chi connectivity index (χ0n) is 14.0. The zero-order chi connectivity index (χ0) is 17.0. The number of benzene rings is 1. The predicted octanol–water partition coefficient (Wildman–Crippen LogP) is 3.07. The van der Waals surface area contributed by atoms with Gasteiger partial charge in [-0.1, -0.05) is 31.7 Å². The molecule has 2 fully saturated rings. The molecule has 0 spiro atoms. The third kappa shape index (κ3) is 4.09. The third-order valence-corrected chi connectivity index (χ3v) is 6.81. The SMILES string of the molecule is O=C(NC1CCCCCC1)c1cccc(N2CCCCS2(=O)=O)c1. The minimum Gasteiger partial charge on any atom is -0.349 e. The summed E-state index contributed by atoms with van der Waals surface area (Å²) in [6.07, 6.45) is 8.45. The van der Waals surface area contributed by atoms with E-state index in [2.05, 4.69) is 5.32 Å². The van der Waals surface area contributed by atoms with Gasteiger partial charge in [0.1, 0.15) is 0 Å². The van der Waals surface area contributed by atoms with Crippen LogP contribution in [0, 0.1) is 0 Å². The van der Waals surface area contributed by atoms with Crippen molar-refractivity contribution in [2.75, 3.05) is 16.6 Å². The highest BCUT2D eigenvalue weighted by Crippen LogP contribution is 2.24. The van der Waals surface area contributed by atoms with Crippen LogP contribution in [-0.2, 0) is 10.0 Å². The summed E-state index contributed by atoms with van der Waals surface area (Å²) in [5.41, 5.74) is 1.14. The van der Waals surface area contributed by atoms with E-state index in [-0.39, 0.29) is 17.7 Å². The number of nitrogens with zero attached hydrogens (tertiary/aromatic N) is 1. The maximum absolute atomic E-state index is 12.5. The van der Waals surface area contributed by atoms with Gasteiger partial charge in [0.15, 0.2) is 0 Å². The van der Waals surface area contributed by atoms with E-state index < -0.39 is 10.0 Å². The highest BCUT2D eigenvalue weighted by molar-refractivity contribution is 7.92. The molecule has 1 N–H and O–H groups in total. The van der Waals surface area contributed by atoms with Crippen LogP contribution in [0.25, 0.3) is 0 Å². The average Bonchev–Trinajstić information content (AvgIpc) is 2.83. The van der Waals surface area contributed by atoms with Crippen LogP contribution in [-0.4, -0.2) is 32.7 Å². The molecule has 0 bridgehead atoms. The lowest BCUT2D eigenvalue weighted by atomic mass is 10.1. The Hall–Kier alpha value is -1.56. The van der Waals surface area contributed by atoms with Crippen molar-refractivity contribution in [2.24, 2.45) is 0 Å². The number of hydrogen-bond donors (Lipinski definition) is 1. The second kappa shape index (κ2) is 7.55. The second-order valence-electron chi connectivity index (χ2n) is 6.81. The van der Waals surface area contributed by atoms with Gasteiger partial charge >= 0.3 is 0 Å². The molecular weight excluding hydrogens is 324 g/mol. The van der Waals surface area contributed by atoms with E-state index in [1.54, 1.807) is 24.3 Å². The summed E-state index contributed by atoms with van der Waals surface area (Å²) in [5.74, 6) is 0.0871. The van der Waals surface area contributed by atoms with E-state index in [4.69, 9.17) is 0 Å². The van der Waals surface area contributed by atoms with E-state index in [1.807, 2.05) is 0 Å². The molecule has 2 aliphatic rings. The minimum atomic E-state index is -3.25. The maximum Gasteiger partial charge on any atom is 0.251 e. The molecule has 1 saturated carbocycles. The summed E-state index contributed by atoms with van der Waals surface area (Å²) in [5, 5.41) is 3.12. The molecule has 0 unspecified atom stereocenters. The molecule has 1 heterocycles. The molecule has 0 aromatic heterocycles. The van der Waals surface area contributed by atoms with Gasteiger partial charge in [0, 0.05) is 18.2 Å². The molecule has 1 aliphatic heterocycles. The van der Waals surface area contributed by atoms with Crippen LogP contribution < -0.4 is 9.62 Å². The van der Waals surface area contributed by atoms with Crippen LogP contribution in [0.5, 0.6) is 0 Å². The van der Waals surface area contributed by atoms with Crippen molar-refractivity contribution in [3.05, 3.63) is 29.8 Å². The van der Waals surface area contributed by atoms with E-state index in [9.17, 15) is 13.2 Å². The lowest BCUT2D eigenvalue weighted by Gasteiger charge is -2.28. The van der Waals surface area contributed by atoms with Gasteiger partial charge in [-0.15, -0.1) is 0 Å². The smallest absolute Gasteiger partial charge is 0.251 e. The Morgan fingerprint density at radius 2 is 1.79 bits per heavy atom. The van der Waals surface area contributed by atoms with Gasteiger partial charge in [0.25, 0.3) is 5.91 Å². The van der Waals surface area contributed by atoms with Crippen molar-refractivity contribution >= 4 is 21.6 Å². The number of hydrogen-bond acceptors (Lipinski definition) is 3. The fourth-order valence-corrected chi connectivity index (χ4v) is 5.20. The summed E-state index contributed by atoms with van der Waals surface area (Å²) in [4.78, 5) is 12.5. The minimum absolute atomic E-state index is 0.0989. The van der Waals surface area contributed by atoms with Gasteiger partial charge in [-0.3, -0.25) is 9.10 Å². The fraction of sp³-hybridized carbons (Fsp3) is 0.611. The molecule has 1 aromatic carbocycles. The molecule has 3 rings (SSSR count). The second-order valence-corrected chi connectivity index (χ2v) is 8.82. The summed E-state index contributed by atoms with van der Waals surface area (Å²) in [7, 11) is -3.25. The molecule has 132 valence electrons.